The summed E-state index contributed by atoms with van der Waals surface area (Å²) in [4.78, 5) is 0. The van der Waals surface area contributed by atoms with Gasteiger partial charge in [-0.05, 0) is 19.3 Å². The van der Waals surface area contributed by atoms with Crippen LogP contribution in [0.4, 0.5) is 0 Å². The largest absolute Gasteiger partial charge is 0.326 e. The van der Waals surface area contributed by atoms with Gasteiger partial charge in [-0.15, -0.1) is 0 Å². The quantitative estimate of drug-likeness (QED) is 0.650. The first kappa shape index (κ1) is 11.5. The average Bonchev–Trinajstić information content (AvgIpc) is 2.51. The minimum atomic E-state index is 0.865. The molecular weight excluding hydrogens is 206 g/mol. The van der Waals surface area contributed by atoms with Crippen LogP contribution in [0.5, 0.6) is 0 Å². The highest BCUT2D eigenvalue weighted by Gasteiger charge is 2.42. The first-order chi connectivity index (χ1) is 7.13. The van der Waals surface area contributed by atoms with Crippen LogP contribution in [0.15, 0.2) is 11.1 Å². The fourth-order valence-corrected chi connectivity index (χ4v) is 3.63. The van der Waals surface area contributed by atoms with Gasteiger partial charge in [0, 0.05) is 16.9 Å². The summed E-state index contributed by atoms with van der Waals surface area (Å²) in [6, 6.07) is 0. The van der Waals surface area contributed by atoms with E-state index in [-0.39, 0.29) is 0 Å². The van der Waals surface area contributed by atoms with E-state index in [1.54, 1.807) is 0 Å². The van der Waals surface area contributed by atoms with E-state index < -0.39 is 0 Å². The highest BCUT2D eigenvalue weighted by Crippen LogP contribution is 2.39. The van der Waals surface area contributed by atoms with Gasteiger partial charge in [-0.25, -0.2) is 0 Å². The molecule has 0 unspecified atom stereocenters. The van der Waals surface area contributed by atoms with E-state index in [9.17, 15) is 0 Å². The Morgan fingerprint density at radius 3 is 2.87 bits per heavy atom. The molecule has 0 radical (unpaired) electrons. The zero-order valence-corrected chi connectivity index (χ0v) is 10.8. The minimum absolute atomic E-state index is 0.865. The number of fused-ring (bicyclic) bond motifs is 1. The van der Waals surface area contributed by atoms with Crippen molar-refractivity contribution in [2.24, 2.45) is 11.8 Å². The molecule has 0 spiro atoms. The molecule has 1 aliphatic carbocycles. The molecule has 1 heterocycles. The topological polar surface area (TPSA) is 0 Å². The van der Waals surface area contributed by atoms with Gasteiger partial charge in [0.1, 0.15) is 0 Å². The number of likely N-dealkylation sites (tertiary alicyclic amines) is 1. The van der Waals surface area contributed by atoms with Gasteiger partial charge in [-0.1, -0.05) is 31.0 Å². The van der Waals surface area contributed by atoms with Crippen molar-refractivity contribution in [2.45, 2.75) is 32.6 Å². The summed E-state index contributed by atoms with van der Waals surface area (Å²) in [6.45, 7) is 6.38. The van der Waals surface area contributed by atoms with Crippen molar-refractivity contribution in [1.29, 1.82) is 0 Å². The van der Waals surface area contributed by atoms with Crippen LogP contribution in [0.1, 0.15) is 32.6 Å². The van der Waals surface area contributed by atoms with Crippen LogP contribution in [0, 0.1) is 11.8 Å². The smallest absolute Gasteiger partial charge is 0.0821 e. The predicted octanol–water partition coefficient (Wildman–Crippen LogP) is 3.40. The summed E-state index contributed by atoms with van der Waals surface area (Å²) in [5, 5.41) is 1.11. The van der Waals surface area contributed by atoms with Gasteiger partial charge >= 0.3 is 0 Å². The molecule has 86 valence electrons. The Hall–Kier alpha value is -0.0100. The predicted molar refractivity (Wildman–Crippen MR) is 65.8 cm³/mol. The lowest BCUT2D eigenvalue weighted by atomic mass is 9.86. The van der Waals surface area contributed by atoms with Gasteiger partial charge in [0.2, 0.25) is 0 Å². The fraction of sp³-hybridized carbons (Fsp3) is 0.846. The summed E-state index contributed by atoms with van der Waals surface area (Å²) >= 11 is 6.13. The maximum atomic E-state index is 6.13. The number of nitrogens with zero attached hydrogens (tertiary/aromatic N) is 1. The molecule has 0 aromatic carbocycles. The van der Waals surface area contributed by atoms with Crippen molar-refractivity contribution in [3.63, 3.8) is 0 Å². The number of quaternary nitrogens is 1. The van der Waals surface area contributed by atoms with Crippen molar-refractivity contribution >= 4 is 11.6 Å². The van der Waals surface area contributed by atoms with Gasteiger partial charge in [0.15, 0.2) is 0 Å². The maximum absolute atomic E-state index is 6.13. The molecule has 2 rings (SSSR count). The summed E-state index contributed by atoms with van der Waals surface area (Å²) in [5.74, 6) is 1.78. The Morgan fingerprint density at radius 1 is 1.40 bits per heavy atom. The molecule has 0 amide bonds. The molecule has 0 N–H and O–H groups in total. The second-order valence-electron chi connectivity index (χ2n) is 5.67. The van der Waals surface area contributed by atoms with Crippen molar-refractivity contribution in [2.75, 3.05) is 26.7 Å². The third-order valence-electron chi connectivity index (χ3n) is 4.17. The molecule has 1 aliphatic heterocycles. The molecular formula is C13H23ClN+. The Balaban J connectivity index is 1.95. The molecule has 15 heavy (non-hydrogen) atoms. The van der Waals surface area contributed by atoms with Gasteiger partial charge in [0.05, 0.1) is 26.7 Å². The van der Waals surface area contributed by atoms with Crippen molar-refractivity contribution in [1.82, 2.24) is 0 Å². The molecule has 0 bridgehead atoms. The zero-order valence-electron chi connectivity index (χ0n) is 10.0. The molecule has 3 atom stereocenters. The van der Waals surface area contributed by atoms with Gasteiger partial charge in [-0.2, -0.15) is 0 Å². The highest BCUT2D eigenvalue weighted by molar-refractivity contribution is 6.29. The molecule has 0 aromatic rings. The lowest BCUT2D eigenvalue weighted by Gasteiger charge is -2.29. The molecule has 0 saturated carbocycles. The Labute approximate surface area is 98.7 Å². The molecule has 1 nitrogen and oxygen atoms in total. The van der Waals surface area contributed by atoms with Crippen molar-refractivity contribution in [3.05, 3.63) is 11.1 Å². The number of hydrogen-bond donors (Lipinski definition) is 0. The summed E-state index contributed by atoms with van der Waals surface area (Å²) in [6.07, 6.45) is 7.31. The maximum Gasteiger partial charge on any atom is 0.0821 e. The fourth-order valence-electron chi connectivity index (χ4n) is 3.34. The number of rotatable bonds is 3. The first-order valence-corrected chi connectivity index (χ1v) is 6.69. The Bertz CT molecular complexity index is 261. The van der Waals surface area contributed by atoms with Crippen molar-refractivity contribution in [3.8, 4) is 0 Å². The lowest BCUT2D eigenvalue weighted by Crippen LogP contribution is -2.42. The third kappa shape index (κ3) is 2.57. The van der Waals surface area contributed by atoms with E-state index in [4.69, 9.17) is 11.6 Å². The number of halogens is 1. The molecule has 2 aliphatic rings. The number of unbranched alkanes of at least 4 members (excludes halogenated alkanes) is 1. The summed E-state index contributed by atoms with van der Waals surface area (Å²) in [7, 11) is 2.43. The average molecular weight is 229 g/mol. The number of allylic oxidation sites excluding steroid dienone is 2. The molecule has 1 fully saturated rings. The second kappa shape index (κ2) is 4.47. The normalized spacial score (nSPS) is 40.1. The van der Waals surface area contributed by atoms with E-state index in [1.807, 2.05) is 0 Å². The highest BCUT2D eigenvalue weighted by atomic mass is 35.5. The van der Waals surface area contributed by atoms with Crippen LogP contribution in [-0.2, 0) is 0 Å². The second-order valence-corrected chi connectivity index (χ2v) is 6.16. The van der Waals surface area contributed by atoms with E-state index >= 15 is 0 Å². The minimum Gasteiger partial charge on any atom is -0.326 e. The van der Waals surface area contributed by atoms with Crippen molar-refractivity contribution < 1.29 is 4.48 Å². The standard InChI is InChI=1S/C13H23ClN/c1-3-4-7-15(2)9-11-5-6-13(14)8-12(11)10-15/h6,11-12H,3-5,7-10H2,1-2H3/q+1/t11-,12-,15-/m1/s1. The first-order valence-electron chi connectivity index (χ1n) is 6.31. The monoisotopic (exact) mass is 228 g/mol. The zero-order chi connectivity index (χ0) is 10.9. The van der Waals surface area contributed by atoms with Crippen LogP contribution in [0.25, 0.3) is 0 Å². The Kier molecular flexibility index (Phi) is 3.42. The van der Waals surface area contributed by atoms with Crippen LogP contribution in [-0.4, -0.2) is 31.2 Å². The van der Waals surface area contributed by atoms with Gasteiger partial charge in [-0.3, -0.25) is 0 Å². The van der Waals surface area contributed by atoms with Gasteiger partial charge < -0.3 is 4.48 Å². The lowest BCUT2D eigenvalue weighted by molar-refractivity contribution is -0.900. The molecule has 0 aromatic heterocycles. The van der Waals surface area contributed by atoms with E-state index in [0.717, 1.165) is 23.3 Å². The van der Waals surface area contributed by atoms with E-state index in [1.165, 1.54) is 43.4 Å². The Morgan fingerprint density at radius 2 is 2.13 bits per heavy atom. The SMILES string of the molecule is CCCC[N@+]1(C)C[C@H]2CC=C(Cl)C[C@@H]2C1. The summed E-state index contributed by atoms with van der Waals surface area (Å²) < 4.78 is 1.29. The van der Waals surface area contributed by atoms with E-state index in [2.05, 4.69) is 20.0 Å². The third-order valence-corrected chi connectivity index (χ3v) is 4.48. The van der Waals surface area contributed by atoms with Crippen LogP contribution in [0.3, 0.4) is 0 Å². The van der Waals surface area contributed by atoms with Crippen LogP contribution < -0.4 is 0 Å². The number of hydrogen-bond acceptors (Lipinski definition) is 0. The van der Waals surface area contributed by atoms with Crippen LogP contribution >= 0.6 is 11.6 Å². The van der Waals surface area contributed by atoms with E-state index in [0.29, 0.717) is 0 Å². The van der Waals surface area contributed by atoms with Gasteiger partial charge in [0.25, 0.3) is 0 Å². The molecule has 2 heteroatoms. The summed E-state index contributed by atoms with van der Waals surface area (Å²) in [5.41, 5.74) is 0. The van der Waals surface area contributed by atoms with Crippen LogP contribution in [0.2, 0.25) is 0 Å². The molecule has 1 saturated heterocycles.